The summed E-state index contributed by atoms with van der Waals surface area (Å²) in [5.74, 6) is -2.11. The summed E-state index contributed by atoms with van der Waals surface area (Å²) in [4.78, 5) is 23.4. The molecule has 0 radical (unpaired) electrons. The van der Waals surface area contributed by atoms with Crippen molar-refractivity contribution in [1.82, 2.24) is 4.57 Å². The molecule has 0 atom stereocenters. The van der Waals surface area contributed by atoms with Gasteiger partial charge in [0.15, 0.2) is 5.82 Å². The van der Waals surface area contributed by atoms with E-state index in [9.17, 15) is 14.0 Å². The van der Waals surface area contributed by atoms with Gasteiger partial charge in [0, 0.05) is 19.3 Å². The topological polar surface area (TPSA) is 97.3 Å². The Kier molecular flexibility index (Phi) is 3.84. The monoisotopic (exact) mass is 293 g/mol. The lowest BCUT2D eigenvalue weighted by Gasteiger charge is -2.15. The van der Waals surface area contributed by atoms with Crippen molar-refractivity contribution in [3.05, 3.63) is 33.9 Å². The fourth-order valence-corrected chi connectivity index (χ4v) is 2.28. The molecule has 0 aliphatic carbocycles. The number of nitrogens with two attached hydrogens (primary N) is 1. The van der Waals surface area contributed by atoms with Crippen molar-refractivity contribution in [2.24, 2.45) is 0 Å². The van der Waals surface area contributed by atoms with Gasteiger partial charge in [0.2, 0.25) is 5.43 Å². The molecule has 0 spiro atoms. The van der Waals surface area contributed by atoms with Crippen LogP contribution in [0.4, 0.5) is 15.8 Å². The number of nitrogen functional groups attached to an aromatic ring is 1. The van der Waals surface area contributed by atoms with E-state index in [1.807, 2.05) is 0 Å². The maximum absolute atomic E-state index is 14.2. The van der Waals surface area contributed by atoms with Gasteiger partial charge in [0.05, 0.1) is 22.3 Å². The highest BCUT2D eigenvalue weighted by Crippen LogP contribution is 2.28. The van der Waals surface area contributed by atoms with Crippen molar-refractivity contribution in [1.29, 1.82) is 0 Å². The molecule has 0 unspecified atom stereocenters. The average molecular weight is 293 g/mol. The number of hydrogen-bond acceptors (Lipinski definition) is 4. The van der Waals surface area contributed by atoms with Gasteiger partial charge in [-0.1, -0.05) is 0 Å². The zero-order valence-corrected chi connectivity index (χ0v) is 11.7. The minimum absolute atomic E-state index is 0.101. The van der Waals surface area contributed by atoms with Gasteiger partial charge in [-0.25, -0.2) is 9.18 Å². The number of nitrogens with zero attached hydrogens (tertiary/aromatic N) is 1. The zero-order valence-electron chi connectivity index (χ0n) is 11.7. The number of carboxylic acids is 1. The summed E-state index contributed by atoms with van der Waals surface area (Å²) in [5, 5.41) is 11.8. The van der Waals surface area contributed by atoms with Crippen molar-refractivity contribution >= 4 is 28.2 Å². The highest BCUT2D eigenvalue weighted by atomic mass is 19.1. The van der Waals surface area contributed by atoms with E-state index in [0.717, 1.165) is 0 Å². The fraction of sp³-hybridized carbons (Fsp3) is 0.286. The lowest BCUT2D eigenvalue weighted by molar-refractivity contribution is 0.0695. The van der Waals surface area contributed by atoms with Crippen LogP contribution in [0.2, 0.25) is 0 Å². The van der Waals surface area contributed by atoms with Gasteiger partial charge in [0.25, 0.3) is 0 Å². The summed E-state index contributed by atoms with van der Waals surface area (Å²) in [6.45, 7) is 4.52. The van der Waals surface area contributed by atoms with Crippen LogP contribution >= 0.6 is 0 Å². The number of halogens is 1. The Hall–Kier alpha value is -2.57. The molecular weight excluding hydrogens is 277 g/mol. The molecule has 0 saturated carbocycles. The Bertz CT molecular complexity index is 783. The Morgan fingerprint density at radius 3 is 2.67 bits per heavy atom. The lowest BCUT2D eigenvalue weighted by atomic mass is 10.1. The Morgan fingerprint density at radius 2 is 2.14 bits per heavy atom. The number of carboxylic acid groups (broad SMARTS) is 1. The Morgan fingerprint density at radius 1 is 1.48 bits per heavy atom. The van der Waals surface area contributed by atoms with Crippen LogP contribution in [-0.4, -0.2) is 22.2 Å². The van der Waals surface area contributed by atoms with Crippen LogP contribution < -0.4 is 16.5 Å². The molecule has 6 nitrogen and oxygen atoms in total. The molecule has 0 fully saturated rings. The van der Waals surface area contributed by atoms with E-state index in [4.69, 9.17) is 10.8 Å². The number of rotatable bonds is 4. The third-order valence-corrected chi connectivity index (χ3v) is 3.28. The highest BCUT2D eigenvalue weighted by Gasteiger charge is 2.20. The van der Waals surface area contributed by atoms with Crippen LogP contribution in [0.15, 0.2) is 17.1 Å². The molecule has 7 heteroatoms. The van der Waals surface area contributed by atoms with Crippen LogP contribution in [0.1, 0.15) is 24.2 Å². The average Bonchev–Trinajstić information content (AvgIpc) is 2.44. The molecule has 2 aromatic rings. The maximum atomic E-state index is 14.2. The minimum Gasteiger partial charge on any atom is -0.477 e. The number of hydrogen-bond donors (Lipinski definition) is 3. The molecular formula is C14H16FN3O3. The van der Waals surface area contributed by atoms with Gasteiger partial charge in [-0.3, -0.25) is 4.79 Å². The second kappa shape index (κ2) is 5.43. The predicted molar refractivity (Wildman–Crippen MR) is 79.4 cm³/mol. The molecule has 0 bridgehead atoms. The van der Waals surface area contributed by atoms with Gasteiger partial charge in [0.1, 0.15) is 5.56 Å². The third kappa shape index (κ3) is 2.31. The van der Waals surface area contributed by atoms with Gasteiger partial charge in [-0.2, -0.15) is 0 Å². The van der Waals surface area contributed by atoms with Crippen LogP contribution in [0.3, 0.4) is 0 Å². The highest BCUT2D eigenvalue weighted by molar-refractivity contribution is 5.99. The normalized spacial score (nSPS) is 10.8. The molecule has 1 aromatic heterocycles. The maximum Gasteiger partial charge on any atom is 0.341 e. The lowest BCUT2D eigenvalue weighted by Crippen LogP contribution is -2.20. The molecule has 1 aromatic carbocycles. The molecule has 0 aliphatic heterocycles. The summed E-state index contributed by atoms with van der Waals surface area (Å²) in [6.07, 6.45) is 1.25. The first-order chi connectivity index (χ1) is 9.92. The van der Waals surface area contributed by atoms with Crippen LogP contribution in [-0.2, 0) is 6.54 Å². The summed E-state index contributed by atoms with van der Waals surface area (Å²) in [5.41, 5.74) is 4.78. The second-order valence-corrected chi connectivity index (χ2v) is 4.54. The van der Waals surface area contributed by atoms with Crippen molar-refractivity contribution in [3.8, 4) is 0 Å². The number of carbonyl (C=O) groups is 1. The SMILES string of the molecule is CCNc1cc2c(c(N)c1F)c(=O)c(C(=O)O)cn2CC. The smallest absolute Gasteiger partial charge is 0.341 e. The molecule has 0 saturated heterocycles. The van der Waals surface area contributed by atoms with E-state index < -0.39 is 22.8 Å². The van der Waals surface area contributed by atoms with Crippen molar-refractivity contribution in [2.45, 2.75) is 20.4 Å². The summed E-state index contributed by atoms with van der Waals surface area (Å²) >= 11 is 0. The van der Waals surface area contributed by atoms with Gasteiger partial charge < -0.3 is 20.7 Å². The standard InChI is InChI=1S/C14H16FN3O3/c1-3-17-8-5-9-10(12(16)11(8)15)13(19)7(14(20)21)6-18(9)4-2/h5-6,17H,3-4,16H2,1-2H3,(H,20,21). The predicted octanol–water partition coefficient (Wildman–Crippen LogP) is 1.87. The molecule has 1 heterocycles. The third-order valence-electron chi connectivity index (χ3n) is 3.28. The number of aromatic nitrogens is 1. The van der Waals surface area contributed by atoms with Gasteiger partial charge >= 0.3 is 5.97 Å². The molecule has 21 heavy (non-hydrogen) atoms. The van der Waals surface area contributed by atoms with Crippen molar-refractivity contribution < 1.29 is 14.3 Å². The number of aromatic carboxylic acids is 1. The molecule has 0 amide bonds. The van der Waals surface area contributed by atoms with Crippen LogP contribution in [0.5, 0.6) is 0 Å². The molecule has 4 N–H and O–H groups in total. The number of fused-ring (bicyclic) bond motifs is 1. The molecule has 0 aliphatic rings. The second-order valence-electron chi connectivity index (χ2n) is 4.54. The molecule has 2 rings (SSSR count). The largest absolute Gasteiger partial charge is 0.477 e. The first-order valence-corrected chi connectivity index (χ1v) is 6.54. The summed E-state index contributed by atoms with van der Waals surface area (Å²) in [7, 11) is 0. The van der Waals surface area contributed by atoms with E-state index in [1.54, 1.807) is 18.4 Å². The number of nitrogens with one attached hydrogen (secondary N) is 1. The van der Waals surface area contributed by atoms with Crippen molar-refractivity contribution in [3.63, 3.8) is 0 Å². The first-order valence-electron chi connectivity index (χ1n) is 6.54. The number of pyridine rings is 1. The zero-order chi connectivity index (χ0) is 15.7. The van der Waals surface area contributed by atoms with Crippen LogP contribution in [0.25, 0.3) is 10.9 Å². The van der Waals surface area contributed by atoms with Crippen molar-refractivity contribution in [2.75, 3.05) is 17.6 Å². The van der Waals surface area contributed by atoms with E-state index >= 15 is 0 Å². The van der Waals surface area contributed by atoms with E-state index in [2.05, 4.69) is 5.32 Å². The Balaban J connectivity index is 2.98. The number of benzene rings is 1. The van der Waals surface area contributed by atoms with Gasteiger partial charge in [-0.05, 0) is 19.9 Å². The van der Waals surface area contributed by atoms with E-state index in [1.165, 1.54) is 12.3 Å². The minimum atomic E-state index is -1.36. The molecule has 112 valence electrons. The van der Waals surface area contributed by atoms with E-state index in [-0.39, 0.29) is 16.8 Å². The Labute approximate surface area is 120 Å². The van der Waals surface area contributed by atoms with Gasteiger partial charge in [-0.15, -0.1) is 0 Å². The summed E-state index contributed by atoms with van der Waals surface area (Å²) in [6, 6.07) is 1.47. The summed E-state index contributed by atoms with van der Waals surface area (Å²) < 4.78 is 15.8. The first kappa shape index (κ1) is 14.8. The quantitative estimate of drug-likeness (QED) is 0.748. The van der Waals surface area contributed by atoms with Crippen LogP contribution in [0, 0.1) is 5.82 Å². The fourth-order valence-electron chi connectivity index (χ4n) is 2.28. The number of aryl methyl sites for hydroxylation is 1. The number of anilines is 2. The van der Waals surface area contributed by atoms with E-state index in [0.29, 0.717) is 18.6 Å².